The van der Waals surface area contributed by atoms with Crippen LogP contribution >= 0.6 is 11.6 Å². The van der Waals surface area contributed by atoms with Gasteiger partial charge >= 0.3 is 0 Å². The first-order valence-electron chi connectivity index (χ1n) is 5.66. The molecule has 0 atom stereocenters. The van der Waals surface area contributed by atoms with E-state index in [1.165, 1.54) is 6.20 Å². The molecule has 0 aliphatic rings. The molecule has 6 heteroatoms. The van der Waals surface area contributed by atoms with Crippen LogP contribution < -0.4 is 10.6 Å². The molecule has 0 bridgehead atoms. The van der Waals surface area contributed by atoms with E-state index < -0.39 is 0 Å². The summed E-state index contributed by atoms with van der Waals surface area (Å²) in [5.74, 6) is 0.487. The Morgan fingerprint density at radius 2 is 1.95 bits per heavy atom. The van der Waals surface area contributed by atoms with Crippen LogP contribution in [0.4, 0.5) is 22.9 Å². The van der Waals surface area contributed by atoms with Crippen molar-refractivity contribution in [2.24, 2.45) is 10.2 Å². The first kappa shape index (κ1) is 13.3. The van der Waals surface area contributed by atoms with Crippen LogP contribution in [-0.4, -0.2) is 19.1 Å². The van der Waals surface area contributed by atoms with E-state index in [2.05, 4.69) is 15.2 Å². The number of pyridine rings is 1. The van der Waals surface area contributed by atoms with Crippen molar-refractivity contribution in [2.75, 3.05) is 24.7 Å². The Kier molecular flexibility index (Phi) is 3.97. The molecule has 5 nitrogen and oxygen atoms in total. The van der Waals surface area contributed by atoms with E-state index >= 15 is 0 Å². The monoisotopic (exact) mass is 275 g/mol. The maximum atomic E-state index is 5.93. The van der Waals surface area contributed by atoms with Gasteiger partial charge in [-0.05, 0) is 30.3 Å². The molecule has 2 aromatic rings. The number of nitrogens with two attached hydrogens (primary N) is 1. The zero-order valence-corrected chi connectivity index (χ0v) is 11.5. The minimum absolute atomic E-state index is 0.487. The van der Waals surface area contributed by atoms with Gasteiger partial charge in [-0.2, -0.15) is 0 Å². The van der Waals surface area contributed by atoms with Crippen molar-refractivity contribution >= 4 is 34.5 Å². The summed E-state index contributed by atoms with van der Waals surface area (Å²) in [5.41, 5.74) is 8.13. The van der Waals surface area contributed by atoms with Crippen LogP contribution in [0, 0.1) is 0 Å². The number of azo groups is 1. The third kappa shape index (κ3) is 3.42. The standard InChI is InChI=1S/C13H14ClN5/c1-19(2)10-4-5-12(11(15)7-10)17-18-13-6-3-9(14)8-16-13/h3-8H,15H2,1-2H3. The molecule has 0 saturated carbocycles. The molecule has 1 heterocycles. The van der Waals surface area contributed by atoms with Crippen LogP contribution in [0.15, 0.2) is 46.8 Å². The molecule has 0 saturated heterocycles. The molecule has 0 unspecified atom stereocenters. The van der Waals surface area contributed by atoms with Crippen LogP contribution in [-0.2, 0) is 0 Å². The second-order valence-electron chi connectivity index (χ2n) is 4.17. The van der Waals surface area contributed by atoms with Crippen molar-refractivity contribution in [1.29, 1.82) is 0 Å². The number of hydrogen-bond donors (Lipinski definition) is 1. The highest BCUT2D eigenvalue weighted by atomic mass is 35.5. The molecule has 1 aromatic carbocycles. The minimum atomic E-state index is 0.487. The van der Waals surface area contributed by atoms with Crippen LogP contribution in [0.25, 0.3) is 0 Å². The van der Waals surface area contributed by atoms with Crippen LogP contribution in [0.2, 0.25) is 5.02 Å². The normalized spacial score (nSPS) is 10.9. The SMILES string of the molecule is CN(C)c1ccc(N=Nc2ccc(Cl)cn2)c(N)c1. The highest BCUT2D eigenvalue weighted by Gasteiger charge is 2.01. The average molecular weight is 276 g/mol. The Morgan fingerprint density at radius 3 is 2.53 bits per heavy atom. The predicted molar refractivity (Wildman–Crippen MR) is 78.6 cm³/mol. The molecule has 0 radical (unpaired) electrons. The number of nitrogen functional groups attached to an aromatic ring is 1. The van der Waals surface area contributed by atoms with Crippen molar-refractivity contribution in [3.8, 4) is 0 Å². The third-order valence-corrected chi connectivity index (χ3v) is 2.72. The van der Waals surface area contributed by atoms with Gasteiger partial charge in [0, 0.05) is 26.0 Å². The van der Waals surface area contributed by atoms with Gasteiger partial charge in [0.05, 0.1) is 10.7 Å². The van der Waals surface area contributed by atoms with Gasteiger partial charge in [0.25, 0.3) is 0 Å². The minimum Gasteiger partial charge on any atom is -0.397 e. The zero-order valence-electron chi connectivity index (χ0n) is 10.7. The number of hydrogen-bond acceptors (Lipinski definition) is 5. The van der Waals surface area contributed by atoms with Crippen molar-refractivity contribution in [1.82, 2.24) is 4.98 Å². The summed E-state index contributed by atoms with van der Waals surface area (Å²) in [6.45, 7) is 0. The fraction of sp³-hybridized carbons (Fsp3) is 0.154. The molecule has 0 aliphatic heterocycles. The topological polar surface area (TPSA) is 66.9 Å². The van der Waals surface area contributed by atoms with Crippen molar-refractivity contribution in [3.63, 3.8) is 0 Å². The summed E-state index contributed by atoms with van der Waals surface area (Å²) in [5, 5.41) is 8.66. The Balaban J connectivity index is 2.21. The fourth-order valence-electron chi connectivity index (χ4n) is 1.44. The van der Waals surface area contributed by atoms with Gasteiger partial charge in [0.1, 0.15) is 5.69 Å². The lowest BCUT2D eigenvalue weighted by molar-refractivity contribution is 1.12. The molecule has 1 aromatic heterocycles. The van der Waals surface area contributed by atoms with Crippen LogP contribution in [0.3, 0.4) is 0 Å². The summed E-state index contributed by atoms with van der Waals surface area (Å²) in [4.78, 5) is 6.00. The number of halogens is 1. The molecule has 2 rings (SSSR count). The molecular formula is C13H14ClN5. The molecule has 0 aliphatic carbocycles. The Morgan fingerprint density at radius 1 is 1.16 bits per heavy atom. The first-order valence-corrected chi connectivity index (χ1v) is 6.04. The van der Waals surface area contributed by atoms with E-state index in [1.54, 1.807) is 12.1 Å². The van der Waals surface area contributed by atoms with Gasteiger partial charge in [-0.25, -0.2) is 4.98 Å². The van der Waals surface area contributed by atoms with E-state index in [0.29, 0.717) is 22.2 Å². The highest BCUT2D eigenvalue weighted by Crippen LogP contribution is 2.28. The van der Waals surface area contributed by atoms with E-state index in [0.717, 1.165) is 5.69 Å². The van der Waals surface area contributed by atoms with Gasteiger partial charge in [-0.3, -0.25) is 0 Å². The lowest BCUT2D eigenvalue weighted by Crippen LogP contribution is -2.08. The molecule has 2 N–H and O–H groups in total. The van der Waals surface area contributed by atoms with Crippen LogP contribution in [0.1, 0.15) is 0 Å². The van der Waals surface area contributed by atoms with E-state index in [9.17, 15) is 0 Å². The smallest absolute Gasteiger partial charge is 0.174 e. The fourth-order valence-corrected chi connectivity index (χ4v) is 1.56. The van der Waals surface area contributed by atoms with E-state index in [4.69, 9.17) is 17.3 Å². The van der Waals surface area contributed by atoms with Crippen LogP contribution in [0.5, 0.6) is 0 Å². The molecule has 19 heavy (non-hydrogen) atoms. The Hall–Kier alpha value is -2.14. The number of aromatic nitrogens is 1. The lowest BCUT2D eigenvalue weighted by atomic mass is 10.2. The number of nitrogens with zero attached hydrogens (tertiary/aromatic N) is 4. The molecule has 0 fully saturated rings. The van der Waals surface area contributed by atoms with E-state index in [1.807, 2.05) is 37.2 Å². The molecule has 98 valence electrons. The molecular weight excluding hydrogens is 262 g/mol. The van der Waals surface area contributed by atoms with Gasteiger partial charge in [0.15, 0.2) is 5.82 Å². The Labute approximate surface area is 116 Å². The van der Waals surface area contributed by atoms with Gasteiger partial charge in [-0.1, -0.05) is 11.6 Å². The number of rotatable bonds is 3. The van der Waals surface area contributed by atoms with E-state index in [-0.39, 0.29) is 0 Å². The maximum absolute atomic E-state index is 5.93. The van der Waals surface area contributed by atoms with Crippen molar-refractivity contribution < 1.29 is 0 Å². The predicted octanol–water partition coefficient (Wildman–Crippen LogP) is 3.80. The first-order chi connectivity index (χ1) is 9.06. The lowest BCUT2D eigenvalue weighted by Gasteiger charge is -2.13. The van der Waals surface area contributed by atoms with Gasteiger partial charge < -0.3 is 10.6 Å². The third-order valence-electron chi connectivity index (χ3n) is 2.50. The quantitative estimate of drug-likeness (QED) is 0.684. The number of anilines is 2. The highest BCUT2D eigenvalue weighted by molar-refractivity contribution is 6.30. The molecule has 0 amide bonds. The summed E-state index contributed by atoms with van der Waals surface area (Å²) < 4.78 is 0. The maximum Gasteiger partial charge on any atom is 0.174 e. The van der Waals surface area contributed by atoms with Gasteiger partial charge in [-0.15, -0.1) is 10.2 Å². The average Bonchev–Trinajstić information content (AvgIpc) is 2.39. The second-order valence-corrected chi connectivity index (χ2v) is 4.61. The molecule has 0 spiro atoms. The second kappa shape index (κ2) is 5.67. The summed E-state index contributed by atoms with van der Waals surface area (Å²) in [6, 6.07) is 9.01. The van der Waals surface area contributed by atoms with Crippen molar-refractivity contribution in [3.05, 3.63) is 41.6 Å². The number of benzene rings is 1. The summed E-state index contributed by atoms with van der Waals surface area (Å²) in [7, 11) is 3.90. The summed E-state index contributed by atoms with van der Waals surface area (Å²) >= 11 is 5.74. The van der Waals surface area contributed by atoms with Crippen molar-refractivity contribution in [2.45, 2.75) is 0 Å². The summed E-state index contributed by atoms with van der Waals surface area (Å²) in [6.07, 6.45) is 1.52. The zero-order chi connectivity index (χ0) is 13.8. The van der Waals surface area contributed by atoms with Gasteiger partial charge in [0.2, 0.25) is 0 Å². The largest absolute Gasteiger partial charge is 0.397 e. The Bertz CT molecular complexity index is 592.